The molecule has 1 aromatic rings. The fraction of sp³-hybridized carbons (Fsp3) is 0.333. The van der Waals surface area contributed by atoms with Crippen molar-refractivity contribution in [2.75, 3.05) is 6.54 Å². The minimum absolute atomic E-state index is 0.0695. The molecule has 1 atom stereocenters. The van der Waals surface area contributed by atoms with E-state index in [4.69, 9.17) is 18.0 Å². The predicted molar refractivity (Wildman–Crippen MR) is 69.0 cm³/mol. The Morgan fingerprint density at radius 1 is 1.53 bits per heavy atom. The van der Waals surface area contributed by atoms with E-state index in [1.807, 2.05) is 18.2 Å². The van der Waals surface area contributed by atoms with Crippen molar-refractivity contribution in [3.05, 3.63) is 33.3 Å². The lowest BCUT2D eigenvalue weighted by atomic mass is 10.1. The lowest BCUT2D eigenvalue weighted by Crippen LogP contribution is -2.20. The molecule has 15 heavy (non-hydrogen) atoms. The number of hydrogen-bond donors (Lipinski definition) is 1. The summed E-state index contributed by atoms with van der Waals surface area (Å²) in [6.45, 7) is 3.01. The molecule has 80 valence electrons. The molecule has 0 saturated carbocycles. The van der Waals surface area contributed by atoms with E-state index in [0.29, 0.717) is 5.02 Å². The normalized spacial score (nSPS) is 12.1. The molecule has 3 heteroatoms. The fourth-order valence-corrected chi connectivity index (χ4v) is 2.19. The van der Waals surface area contributed by atoms with Crippen LogP contribution in [0.15, 0.2) is 22.7 Å². The molecule has 1 unspecified atom stereocenters. The first-order chi connectivity index (χ1) is 7.17. The molecule has 1 nitrogen and oxygen atoms in total. The Kier molecular flexibility index (Phi) is 5.17. The summed E-state index contributed by atoms with van der Waals surface area (Å²) < 4.78 is 0.948. The van der Waals surface area contributed by atoms with Gasteiger partial charge in [0.2, 0.25) is 0 Å². The number of nitrogens with one attached hydrogen (secondary N) is 1. The van der Waals surface area contributed by atoms with Crippen LogP contribution in [0.2, 0.25) is 5.02 Å². The summed E-state index contributed by atoms with van der Waals surface area (Å²) in [6.07, 6.45) is 6.53. The van der Waals surface area contributed by atoms with E-state index in [1.165, 1.54) is 0 Å². The van der Waals surface area contributed by atoms with Crippen LogP contribution >= 0.6 is 27.5 Å². The molecule has 0 saturated heterocycles. The molecule has 0 aromatic heterocycles. The summed E-state index contributed by atoms with van der Waals surface area (Å²) in [5.41, 5.74) is 1.02. The second-order valence-electron chi connectivity index (χ2n) is 3.26. The van der Waals surface area contributed by atoms with Crippen molar-refractivity contribution in [3.8, 4) is 12.3 Å². The summed E-state index contributed by atoms with van der Waals surface area (Å²) in [5.74, 6) is 2.72. The van der Waals surface area contributed by atoms with Crippen LogP contribution in [0.1, 0.15) is 24.9 Å². The van der Waals surface area contributed by atoms with Gasteiger partial charge >= 0.3 is 0 Å². The summed E-state index contributed by atoms with van der Waals surface area (Å²) in [6, 6.07) is 5.65. The van der Waals surface area contributed by atoms with Gasteiger partial charge in [0.15, 0.2) is 0 Å². The van der Waals surface area contributed by atoms with Gasteiger partial charge in [-0.2, -0.15) is 0 Å². The van der Waals surface area contributed by atoms with Crippen LogP contribution in [-0.4, -0.2) is 6.54 Å². The molecule has 0 spiro atoms. The first-order valence-corrected chi connectivity index (χ1v) is 6.00. The molecule has 0 bridgehead atoms. The third kappa shape index (κ3) is 3.87. The molecule has 0 fully saturated rings. The maximum atomic E-state index is 5.96. The average molecular weight is 287 g/mol. The van der Waals surface area contributed by atoms with E-state index in [0.717, 1.165) is 23.0 Å². The molecule has 0 aliphatic rings. The van der Waals surface area contributed by atoms with Gasteiger partial charge in [0.05, 0.1) is 6.04 Å². The largest absolute Gasteiger partial charge is 0.300 e. The van der Waals surface area contributed by atoms with Gasteiger partial charge in [-0.1, -0.05) is 40.4 Å². The number of rotatable bonds is 4. The predicted octanol–water partition coefficient (Wildman–Crippen LogP) is 3.78. The summed E-state index contributed by atoms with van der Waals surface area (Å²) in [7, 11) is 0. The van der Waals surface area contributed by atoms with E-state index in [1.54, 1.807) is 0 Å². The highest BCUT2D eigenvalue weighted by Crippen LogP contribution is 2.23. The lowest BCUT2D eigenvalue weighted by molar-refractivity contribution is 0.626. The molecule has 0 aliphatic heterocycles. The Labute approximate surface area is 104 Å². The molecule has 1 N–H and O–H groups in total. The number of terminal acetylenes is 1. The molecule has 1 aromatic carbocycles. The Morgan fingerprint density at radius 3 is 2.80 bits per heavy atom. The Bertz CT molecular complexity index is 350. The van der Waals surface area contributed by atoms with E-state index >= 15 is 0 Å². The standard InChI is InChI=1S/C12H13BrClN/c1-3-5-15-12(4-2)9-6-10(13)8-11(14)7-9/h2,6-8,12,15H,3,5H2,1H3. The van der Waals surface area contributed by atoms with Crippen LogP contribution < -0.4 is 5.32 Å². The summed E-state index contributed by atoms with van der Waals surface area (Å²) in [4.78, 5) is 0. The van der Waals surface area contributed by atoms with Crippen molar-refractivity contribution >= 4 is 27.5 Å². The second-order valence-corrected chi connectivity index (χ2v) is 4.61. The lowest BCUT2D eigenvalue weighted by Gasteiger charge is -2.13. The Balaban J connectivity index is 2.87. The second kappa shape index (κ2) is 6.17. The Morgan fingerprint density at radius 2 is 2.27 bits per heavy atom. The smallest absolute Gasteiger partial charge is 0.0944 e. The minimum Gasteiger partial charge on any atom is -0.300 e. The van der Waals surface area contributed by atoms with Crippen LogP contribution in [0.4, 0.5) is 0 Å². The van der Waals surface area contributed by atoms with E-state index in [-0.39, 0.29) is 6.04 Å². The monoisotopic (exact) mass is 285 g/mol. The highest BCUT2D eigenvalue weighted by molar-refractivity contribution is 9.10. The molecular weight excluding hydrogens is 273 g/mol. The van der Waals surface area contributed by atoms with E-state index in [9.17, 15) is 0 Å². The van der Waals surface area contributed by atoms with Gasteiger partial charge in [0.25, 0.3) is 0 Å². The number of halogens is 2. The highest BCUT2D eigenvalue weighted by atomic mass is 79.9. The SMILES string of the molecule is C#CC(NCCC)c1cc(Cl)cc(Br)c1. The van der Waals surface area contributed by atoms with Crippen LogP contribution in [0.25, 0.3) is 0 Å². The van der Waals surface area contributed by atoms with E-state index in [2.05, 4.69) is 34.1 Å². The zero-order valence-corrected chi connectivity index (χ0v) is 10.9. The molecule has 0 heterocycles. The molecule has 1 rings (SSSR count). The van der Waals surface area contributed by atoms with Gasteiger partial charge in [-0.25, -0.2) is 0 Å². The minimum atomic E-state index is -0.0695. The van der Waals surface area contributed by atoms with Gasteiger partial charge < -0.3 is 5.32 Å². The van der Waals surface area contributed by atoms with Crippen LogP contribution in [0.3, 0.4) is 0 Å². The van der Waals surface area contributed by atoms with Crippen LogP contribution in [0.5, 0.6) is 0 Å². The molecule has 0 amide bonds. The quantitative estimate of drug-likeness (QED) is 0.831. The maximum absolute atomic E-state index is 5.96. The van der Waals surface area contributed by atoms with Crippen molar-refractivity contribution in [2.24, 2.45) is 0 Å². The van der Waals surface area contributed by atoms with Crippen molar-refractivity contribution < 1.29 is 0 Å². The fourth-order valence-electron chi connectivity index (χ4n) is 1.30. The van der Waals surface area contributed by atoms with Gasteiger partial charge in [0.1, 0.15) is 0 Å². The number of benzene rings is 1. The number of hydrogen-bond acceptors (Lipinski definition) is 1. The van der Waals surface area contributed by atoms with Crippen molar-refractivity contribution in [3.63, 3.8) is 0 Å². The van der Waals surface area contributed by atoms with Crippen molar-refractivity contribution in [2.45, 2.75) is 19.4 Å². The Hall–Kier alpha value is -0.490. The first-order valence-electron chi connectivity index (χ1n) is 4.83. The van der Waals surface area contributed by atoms with Gasteiger partial charge in [-0.15, -0.1) is 6.42 Å². The third-order valence-electron chi connectivity index (χ3n) is 1.98. The average Bonchev–Trinajstić information content (AvgIpc) is 2.17. The summed E-state index contributed by atoms with van der Waals surface area (Å²) >= 11 is 9.36. The molecule has 0 aliphatic carbocycles. The zero-order chi connectivity index (χ0) is 11.3. The van der Waals surface area contributed by atoms with Gasteiger partial charge in [-0.05, 0) is 36.7 Å². The maximum Gasteiger partial charge on any atom is 0.0944 e. The summed E-state index contributed by atoms with van der Waals surface area (Å²) in [5, 5.41) is 3.97. The third-order valence-corrected chi connectivity index (χ3v) is 2.66. The first kappa shape index (κ1) is 12.6. The highest BCUT2D eigenvalue weighted by Gasteiger charge is 2.08. The van der Waals surface area contributed by atoms with Crippen molar-refractivity contribution in [1.29, 1.82) is 0 Å². The van der Waals surface area contributed by atoms with Crippen molar-refractivity contribution in [1.82, 2.24) is 5.32 Å². The van der Waals surface area contributed by atoms with Gasteiger partial charge in [0, 0.05) is 9.50 Å². The molecule has 0 radical (unpaired) electrons. The van der Waals surface area contributed by atoms with Crippen LogP contribution in [0, 0.1) is 12.3 Å². The van der Waals surface area contributed by atoms with Crippen LogP contribution in [-0.2, 0) is 0 Å². The van der Waals surface area contributed by atoms with E-state index < -0.39 is 0 Å². The topological polar surface area (TPSA) is 12.0 Å². The zero-order valence-electron chi connectivity index (χ0n) is 8.56. The molecular formula is C12H13BrClN. The van der Waals surface area contributed by atoms with Gasteiger partial charge in [-0.3, -0.25) is 0 Å².